The number of nitro groups is 1. The molecule has 4 aromatic rings. The smallest absolute Gasteiger partial charge is 0.280 e. The van der Waals surface area contributed by atoms with Crippen LogP contribution in [0.1, 0.15) is 12.5 Å². The molecule has 0 bridgehead atoms. The first-order chi connectivity index (χ1) is 15.5. The molecule has 0 radical (unpaired) electrons. The van der Waals surface area contributed by atoms with E-state index >= 15 is 0 Å². The van der Waals surface area contributed by atoms with Gasteiger partial charge in [-0.25, -0.2) is 14.7 Å². The lowest BCUT2D eigenvalue weighted by molar-refractivity contribution is -0.384. The normalized spacial score (nSPS) is 11.4. The van der Waals surface area contributed by atoms with Crippen molar-refractivity contribution in [2.24, 2.45) is 4.99 Å². The van der Waals surface area contributed by atoms with Crippen LogP contribution in [-0.2, 0) is 0 Å². The summed E-state index contributed by atoms with van der Waals surface area (Å²) in [5.41, 5.74) is 2.25. The number of pyridine rings is 1. The van der Waals surface area contributed by atoms with Crippen molar-refractivity contribution >= 4 is 17.2 Å². The van der Waals surface area contributed by atoms with Crippen molar-refractivity contribution < 1.29 is 9.66 Å². The molecule has 32 heavy (non-hydrogen) atoms. The molecule has 0 amide bonds. The predicted molar refractivity (Wildman–Crippen MR) is 121 cm³/mol. The average Bonchev–Trinajstić information content (AvgIpc) is 3.17. The highest BCUT2D eigenvalue weighted by molar-refractivity contribution is 6.04. The second-order valence-electron chi connectivity index (χ2n) is 6.89. The summed E-state index contributed by atoms with van der Waals surface area (Å²) in [6.07, 6.45) is 1.63. The maximum atomic E-state index is 13.4. The van der Waals surface area contributed by atoms with Gasteiger partial charge >= 0.3 is 0 Å². The molecule has 0 atom stereocenters. The summed E-state index contributed by atoms with van der Waals surface area (Å²) in [6.45, 7) is 1.74. The van der Waals surface area contributed by atoms with Gasteiger partial charge in [0.15, 0.2) is 5.82 Å². The van der Waals surface area contributed by atoms with Gasteiger partial charge in [0.2, 0.25) is 0 Å². The molecule has 2 aromatic heterocycles. The SMILES string of the molecule is COc1ccc(-c2[nH]n(-c3ccc([N+](=O)[O-])cc3)c(=O)c2C(C)=Nc2ccccn2)cc1. The topological polar surface area (TPSA) is 115 Å². The number of methoxy groups -OCH3 is 1. The maximum Gasteiger partial charge on any atom is 0.280 e. The van der Waals surface area contributed by atoms with Crippen molar-refractivity contribution in [3.63, 3.8) is 0 Å². The van der Waals surface area contributed by atoms with Crippen molar-refractivity contribution in [2.45, 2.75) is 6.92 Å². The minimum atomic E-state index is -0.487. The van der Waals surface area contributed by atoms with E-state index in [0.717, 1.165) is 5.56 Å². The zero-order chi connectivity index (χ0) is 22.7. The number of hydrogen-bond acceptors (Lipinski definition) is 6. The highest BCUT2D eigenvalue weighted by atomic mass is 16.6. The first-order valence-electron chi connectivity index (χ1n) is 9.69. The van der Waals surface area contributed by atoms with Crippen molar-refractivity contribution in [1.82, 2.24) is 14.8 Å². The second-order valence-corrected chi connectivity index (χ2v) is 6.89. The van der Waals surface area contributed by atoms with Crippen LogP contribution in [0.25, 0.3) is 16.9 Å². The Bertz CT molecular complexity index is 1340. The van der Waals surface area contributed by atoms with Crippen LogP contribution in [0.15, 0.2) is 82.7 Å². The maximum absolute atomic E-state index is 13.4. The van der Waals surface area contributed by atoms with Gasteiger partial charge in [0.05, 0.1) is 34.7 Å². The molecular formula is C23H19N5O4. The Morgan fingerprint density at radius 1 is 1.09 bits per heavy atom. The largest absolute Gasteiger partial charge is 0.497 e. The summed E-state index contributed by atoms with van der Waals surface area (Å²) in [5.74, 6) is 1.17. The Morgan fingerprint density at radius 2 is 1.81 bits per heavy atom. The number of rotatable bonds is 6. The summed E-state index contributed by atoms with van der Waals surface area (Å²) in [4.78, 5) is 32.6. The van der Waals surface area contributed by atoms with Gasteiger partial charge in [0, 0.05) is 23.9 Å². The van der Waals surface area contributed by atoms with Gasteiger partial charge in [0.25, 0.3) is 11.2 Å². The number of nitrogens with one attached hydrogen (secondary N) is 1. The molecule has 9 nitrogen and oxygen atoms in total. The molecule has 2 heterocycles. The van der Waals surface area contributed by atoms with E-state index in [9.17, 15) is 14.9 Å². The number of nitrogens with zero attached hydrogens (tertiary/aromatic N) is 4. The van der Waals surface area contributed by atoms with Crippen LogP contribution in [0.4, 0.5) is 11.5 Å². The van der Waals surface area contributed by atoms with Gasteiger partial charge < -0.3 is 4.74 Å². The Kier molecular flexibility index (Phi) is 5.63. The van der Waals surface area contributed by atoms with E-state index in [4.69, 9.17) is 4.74 Å². The Morgan fingerprint density at radius 3 is 2.41 bits per heavy atom. The van der Waals surface area contributed by atoms with Crippen molar-refractivity contribution in [2.75, 3.05) is 7.11 Å². The highest BCUT2D eigenvalue weighted by Gasteiger charge is 2.20. The summed E-state index contributed by atoms with van der Waals surface area (Å²) in [5, 5.41) is 14.1. The van der Waals surface area contributed by atoms with Gasteiger partial charge in [-0.1, -0.05) is 6.07 Å². The molecule has 9 heteroatoms. The number of nitro benzene ring substituents is 1. The zero-order valence-corrected chi connectivity index (χ0v) is 17.4. The molecule has 0 saturated carbocycles. The van der Waals surface area contributed by atoms with Crippen LogP contribution in [0, 0.1) is 10.1 Å². The number of H-pyrrole nitrogens is 1. The van der Waals surface area contributed by atoms with Crippen molar-refractivity contribution in [3.8, 4) is 22.7 Å². The Balaban J connectivity index is 1.88. The van der Waals surface area contributed by atoms with Crippen molar-refractivity contribution in [3.05, 3.63) is 99.0 Å². The van der Waals surface area contributed by atoms with Crippen molar-refractivity contribution in [1.29, 1.82) is 0 Å². The van der Waals surface area contributed by atoms with Crippen LogP contribution in [0.5, 0.6) is 5.75 Å². The number of aliphatic imine (C=N–C) groups is 1. The van der Waals surface area contributed by atoms with E-state index in [1.54, 1.807) is 44.5 Å². The Hall–Kier alpha value is -4.53. The molecule has 2 aromatic carbocycles. The van der Waals surface area contributed by atoms with E-state index < -0.39 is 4.92 Å². The predicted octanol–water partition coefficient (Wildman–Crippen LogP) is 4.29. The van der Waals surface area contributed by atoms with E-state index in [1.165, 1.54) is 28.9 Å². The molecule has 160 valence electrons. The fourth-order valence-electron chi connectivity index (χ4n) is 3.29. The van der Waals surface area contributed by atoms with Gasteiger partial charge in [-0.15, -0.1) is 0 Å². The molecule has 0 aliphatic carbocycles. The number of aromatic nitrogens is 3. The van der Waals surface area contributed by atoms with E-state index in [1.807, 2.05) is 18.2 Å². The minimum Gasteiger partial charge on any atom is -0.497 e. The third-order valence-corrected chi connectivity index (χ3v) is 4.88. The highest BCUT2D eigenvalue weighted by Crippen LogP contribution is 2.25. The fraction of sp³-hybridized carbons (Fsp3) is 0.0870. The third-order valence-electron chi connectivity index (χ3n) is 4.88. The lowest BCUT2D eigenvalue weighted by Crippen LogP contribution is -2.19. The Labute approximate surface area is 182 Å². The number of benzene rings is 2. The molecule has 0 saturated heterocycles. The molecule has 0 fully saturated rings. The number of ether oxygens (including phenoxy) is 1. The molecule has 0 unspecified atom stereocenters. The van der Waals surface area contributed by atoms with Crippen LogP contribution >= 0.6 is 0 Å². The number of hydrogen-bond donors (Lipinski definition) is 1. The lowest BCUT2D eigenvalue weighted by Gasteiger charge is -2.05. The molecular weight excluding hydrogens is 410 g/mol. The first kappa shape index (κ1) is 20.7. The van der Waals surface area contributed by atoms with Gasteiger partial charge in [-0.2, -0.15) is 0 Å². The monoisotopic (exact) mass is 429 g/mol. The molecule has 0 spiro atoms. The molecule has 0 aliphatic rings. The minimum absolute atomic E-state index is 0.0585. The summed E-state index contributed by atoms with van der Waals surface area (Å²) in [6, 6.07) is 18.4. The molecule has 4 rings (SSSR count). The summed E-state index contributed by atoms with van der Waals surface area (Å²) < 4.78 is 6.57. The van der Waals surface area contributed by atoms with Crippen LogP contribution in [0.3, 0.4) is 0 Å². The van der Waals surface area contributed by atoms with E-state index in [2.05, 4.69) is 15.1 Å². The standard InChI is InChI=1S/C23H19N5O4/c1-15(25-20-5-3-4-14-24-20)21-22(16-6-12-19(32-2)13-7-16)26-27(23(21)29)17-8-10-18(11-9-17)28(30)31/h3-14,26H,1-2H3. The first-order valence-corrected chi connectivity index (χ1v) is 9.69. The summed E-state index contributed by atoms with van der Waals surface area (Å²) in [7, 11) is 1.58. The van der Waals surface area contributed by atoms with Gasteiger partial charge in [-0.3, -0.25) is 20.0 Å². The summed E-state index contributed by atoms with van der Waals surface area (Å²) >= 11 is 0. The van der Waals surface area contributed by atoms with Crippen LogP contribution in [0.2, 0.25) is 0 Å². The van der Waals surface area contributed by atoms with Gasteiger partial charge in [0.1, 0.15) is 5.75 Å². The third kappa shape index (κ3) is 4.04. The molecule has 0 aliphatic heterocycles. The zero-order valence-electron chi connectivity index (χ0n) is 17.4. The van der Waals surface area contributed by atoms with Crippen LogP contribution in [-0.4, -0.2) is 32.5 Å². The van der Waals surface area contributed by atoms with E-state index in [0.29, 0.717) is 34.2 Å². The quantitative estimate of drug-likeness (QED) is 0.279. The second kappa shape index (κ2) is 8.68. The van der Waals surface area contributed by atoms with Crippen LogP contribution < -0.4 is 10.3 Å². The van der Waals surface area contributed by atoms with E-state index in [-0.39, 0.29) is 11.2 Å². The number of non-ortho nitro benzene ring substituents is 1. The fourth-order valence-corrected chi connectivity index (χ4v) is 3.29. The van der Waals surface area contributed by atoms with Gasteiger partial charge in [-0.05, 0) is 55.5 Å². The molecule has 1 N–H and O–H groups in total. The average molecular weight is 429 g/mol. The number of aromatic amines is 1. The lowest BCUT2D eigenvalue weighted by atomic mass is 10.1.